The van der Waals surface area contributed by atoms with Crippen LogP contribution in [0.3, 0.4) is 0 Å². The smallest absolute Gasteiger partial charge is 0.147 e. The lowest BCUT2D eigenvalue weighted by atomic mass is 9.92. The molecule has 0 aliphatic heterocycles. The number of carbonyl (C=O) groups excluding carboxylic acids is 1. The number of hydrogen-bond donors (Lipinski definition) is 0. The van der Waals surface area contributed by atoms with Crippen LogP contribution in [0.2, 0.25) is 0 Å². The van der Waals surface area contributed by atoms with E-state index in [9.17, 15) is 4.79 Å². The summed E-state index contributed by atoms with van der Waals surface area (Å²) < 4.78 is 0. The SMILES string of the molecule is CC(C)=CCSC1=C(C=O)CCc2ccccc21. The summed E-state index contributed by atoms with van der Waals surface area (Å²) >= 11 is 1.77. The monoisotopic (exact) mass is 258 g/mol. The highest BCUT2D eigenvalue weighted by Crippen LogP contribution is 2.38. The second-order valence-electron chi connectivity index (χ2n) is 4.72. The van der Waals surface area contributed by atoms with Crippen LogP contribution in [0.25, 0.3) is 4.91 Å². The Morgan fingerprint density at radius 2 is 2.06 bits per heavy atom. The van der Waals surface area contributed by atoms with E-state index < -0.39 is 0 Å². The Labute approximate surface area is 113 Å². The fourth-order valence-electron chi connectivity index (χ4n) is 2.09. The first kappa shape index (κ1) is 13.2. The molecule has 0 aromatic heterocycles. The summed E-state index contributed by atoms with van der Waals surface area (Å²) in [5, 5.41) is 0. The fraction of sp³-hybridized carbons (Fsp3) is 0.312. The van der Waals surface area contributed by atoms with Crippen molar-refractivity contribution in [3.63, 3.8) is 0 Å². The van der Waals surface area contributed by atoms with E-state index >= 15 is 0 Å². The van der Waals surface area contributed by atoms with E-state index in [0.29, 0.717) is 0 Å². The van der Waals surface area contributed by atoms with Crippen LogP contribution in [0.4, 0.5) is 0 Å². The van der Waals surface area contributed by atoms with Crippen molar-refractivity contribution >= 4 is 23.0 Å². The zero-order chi connectivity index (χ0) is 13.0. The third-order valence-electron chi connectivity index (χ3n) is 3.08. The van der Waals surface area contributed by atoms with Crippen molar-refractivity contribution in [2.45, 2.75) is 26.7 Å². The molecule has 1 aromatic carbocycles. The highest BCUT2D eigenvalue weighted by Gasteiger charge is 2.18. The summed E-state index contributed by atoms with van der Waals surface area (Å²) in [6.45, 7) is 4.20. The minimum absolute atomic E-state index is 0.873. The summed E-state index contributed by atoms with van der Waals surface area (Å²) in [6.07, 6.45) is 5.09. The van der Waals surface area contributed by atoms with Gasteiger partial charge in [0.15, 0.2) is 0 Å². The molecule has 0 bridgehead atoms. The van der Waals surface area contributed by atoms with Gasteiger partial charge >= 0.3 is 0 Å². The number of hydrogen-bond acceptors (Lipinski definition) is 2. The summed E-state index contributed by atoms with van der Waals surface area (Å²) in [5.41, 5.74) is 4.89. The maximum atomic E-state index is 11.2. The number of allylic oxidation sites excluding steroid dienone is 2. The Hall–Kier alpha value is -1.28. The van der Waals surface area contributed by atoms with Gasteiger partial charge < -0.3 is 0 Å². The Morgan fingerprint density at radius 3 is 2.78 bits per heavy atom. The molecule has 1 aromatic rings. The summed E-state index contributed by atoms with van der Waals surface area (Å²) in [6, 6.07) is 8.42. The van der Waals surface area contributed by atoms with Gasteiger partial charge in [-0.1, -0.05) is 35.9 Å². The van der Waals surface area contributed by atoms with Crippen LogP contribution in [-0.4, -0.2) is 12.0 Å². The lowest BCUT2D eigenvalue weighted by molar-refractivity contribution is -0.105. The molecule has 0 heterocycles. The average Bonchev–Trinajstić information content (AvgIpc) is 2.38. The lowest BCUT2D eigenvalue weighted by Gasteiger charge is -2.20. The molecule has 0 amide bonds. The molecular formula is C16H18OS. The van der Waals surface area contributed by atoms with Gasteiger partial charge in [-0.25, -0.2) is 0 Å². The molecule has 2 heteroatoms. The minimum Gasteiger partial charge on any atom is -0.298 e. The van der Waals surface area contributed by atoms with Crippen LogP contribution in [0.5, 0.6) is 0 Å². The summed E-state index contributed by atoms with van der Waals surface area (Å²) in [7, 11) is 0. The van der Waals surface area contributed by atoms with Crippen molar-refractivity contribution in [1.82, 2.24) is 0 Å². The highest BCUT2D eigenvalue weighted by atomic mass is 32.2. The minimum atomic E-state index is 0.873. The van der Waals surface area contributed by atoms with Gasteiger partial charge in [0.05, 0.1) is 0 Å². The van der Waals surface area contributed by atoms with Gasteiger partial charge in [0.1, 0.15) is 6.29 Å². The molecule has 94 valence electrons. The molecule has 1 aliphatic rings. The number of rotatable bonds is 4. The Morgan fingerprint density at radius 1 is 1.28 bits per heavy atom. The first-order valence-corrected chi connectivity index (χ1v) is 7.23. The molecular weight excluding hydrogens is 240 g/mol. The third-order valence-corrected chi connectivity index (χ3v) is 4.18. The van der Waals surface area contributed by atoms with Crippen LogP contribution >= 0.6 is 11.8 Å². The second kappa shape index (κ2) is 6.05. The Kier molecular flexibility index (Phi) is 4.43. The zero-order valence-corrected chi connectivity index (χ0v) is 11.7. The molecule has 0 N–H and O–H groups in total. The molecule has 1 nitrogen and oxygen atoms in total. The van der Waals surface area contributed by atoms with E-state index in [1.807, 2.05) is 6.07 Å². The van der Waals surface area contributed by atoms with E-state index in [-0.39, 0.29) is 0 Å². The van der Waals surface area contributed by atoms with E-state index in [4.69, 9.17) is 0 Å². The van der Waals surface area contributed by atoms with Crippen LogP contribution < -0.4 is 0 Å². The van der Waals surface area contributed by atoms with Gasteiger partial charge in [0.2, 0.25) is 0 Å². The van der Waals surface area contributed by atoms with E-state index in [1.165, 1.54) is 21.6 Å². The second-order valence-corrected chi connectivity index (χ2v) is 5.75. The van der Waals surface area contributed by atoms with Crippen LogP contribution in [0.1, 0.15) is 31.4 Å². The summed E-state index contributed by atoms with van der Waals surface area (Å²) in [4.78, 5) is 12.4. The lowest BCUT2D eigenvalue weighted by Crippen LogP contribution is -2.04. The molecule has 18 heavy (non-hydrogen) atoms. The molecule has 0 atom stereocenters. The first-order chi connectivity index (χ1) is 8.72. The van der Waals surface area contributed by atoms with Gasteiger partial charge in [0, 0.05) is 16.2 Å². The number of carbonyl (C=O) groups is 1. The normalized spacial score (nSPS) is 14.1. The predicted octanol–water partition coefficient (Wildman–Crippen LogP) is 4.24. The van der Waals surface area contributed by atoms with Crippen LogP contribution in [-0.2, 0) is 11.2 Å². The van der Waals surface area contributed by atoms with Gasteiger partial charge in [-0.2, -0.15) is 0 Å². The number of thioether (sulfide) groups is 1. The van der Waals surface area contributed by atoms with E-state index in [0.717, 1.165) is 30.5 Å². The largest absolute Gasteiger partial charge is 0.298 e. The molecule has 0 radical (unpaired) electrons. The first-order valence-electron chi connectivity index (χ1n) is 6.25. The van der Waals surface area contributed by atoms with E-state index in [1.54, 1.807) is 11.8 Å². The molecule has 0 saturated heterocycles. The average molecular weight is 258 g/mol. The van der Waals surface area contributed by atoms with Crippen LogP contribution in [0, 0.1) is 0 Å². The van der Waals surface area contributed by atoms with Crippen molar-refractivity contribution in [3.8, 4) is 0 Å². The maximum absolute atomic E-state index is 11.2. The van der Waals surface area contributed by atoms with Gasteiger partial charge in [-0.3, -0.25) is 4.79 Å². The molecule has 1 aliphatic carbocycles. The Balaban J connectivity index is 2.30. The molecule has 0 spiro atoms. The van der Waals surface area contributed by atoms with Crippen molar-refractivity contribution in [2.75, 3.05) is 5.75 Å². The number of aldehydes is 1. The summed E-state index contributed by atoms with van der Waals surface area (Å²) in [5.74, 6) is 0.934. The Bertz CT molecular complexity index is 508. The van der Waals surface area contributed by atoms with E-state index in [2.05, 4.69) is 38.1 Å². The topological polar surface area (TPSA) is 17.1 Å². The highest BCUT2D eigenvalue weighted by molar-refractivity contribution is 8.08. The molecule has 0 saturated carbocycles. The van der Waals surface area contributed by atoms with Crippen molar-refractivity contribution in [2.24, 2.45) is 0 Å². The van der Waals surface area contributed by atoms with Crippen molar-refractivity contribution < 1.29 is 4.79 Å². The number of aryl methyl sites for hydroxylation is 1. The molecule has 0 unspecified atom stereocenters. The standard InChI is InChI=1S/C16H18OS/c1-12(2)9-10-18-16-14(11-17)8-7-13-5-3-4-6-15(13)16/h3-6,9,11H,7-8,10H2,1-2H3. The van der Waals surface area contributed by atoms with Crippen LogP contribution in [0.15, 0.2) is 41.5 Å². The number of fused-ring (bicyclic) bond motifs is 1. The number of benzene rings is 1. The molecule has 0 fully saturated rings. The quantitative estimate of drug-likeness (QED) is 0.593. The predicted molar refractivity (Wildman–Crippen MR) is 79.6 cm³/mol. The fourth-order valence-corrected chi connectivity index (χ4v) is 3.36. The van der Waals surface area contributed by atoms with Crippen molar-refractivity contribution in [1.29, 1.82) is 0 Å². The third kappa shape index (κ3) is 2.94. The van der Waals surface area contributed by atoms with Gasteiger partial charge in [0.25, 0.3) is 0 Å². The maximum Gasteiger partial charge on any atom is 0.147 e. The van der Waals surface area contributed by atoms with Gasteiger partial charge in [-0.05, 0) is 37.8 Å². The van der Waals surface area contributed by atoms with Gasteiger partial charge in [-0.15, -0.1) is 11.8 Å². The zero-order valence-electron chi connectivity index (χ0n) is 10.9. The van der Waals surface area contributed by atoms with Crippen molar-refractivity contribution in [3.05, 3.63) is 52.6 Å². The molecule has 2 rings (SSSR count).